The van der Waals surface area contributed by atoms with E-state index in [4.69, 9.17) is 5.73 Å². The summed E-state index contributed by atoms with van der Waals surface area (Å²) in [6, 6.07) is 0. The van der Waals surface area contributed by atoms with Crippen LogP contribution in [0.4, 0.5) is 5.13 Å². The minimum atomic E-state index is -3.59. The molecule has 3 N–H and O–H groups in total. The van der Waals surface area contributed by atoms with Gasteiger partial charge < -0.3 is 5.73 Å². The lowest BCUT2D eigenvalue weighted by Gasteiger charge is -2.10. The fraction of sp³-hybridized carbons (Fsp3) is 0.333. The van der Waals surface area contributed by atoms with Crippen LogP contribution in [0.25, 0.3) is 0 Å². The Balaban J connectivity index is 2.86. The molecular formula is C6H8BrN3O2S3. The Morgan fingerprint density at radius 1 is 1.80 bits per heavy atom. The lowest BCUT2D eigenvalue weighted by atomic mass is 10.5. The van der Waals surface area contributed by atoms with Crippen molar-refractivity contribution in [2.24, 2.45) is 5.73 Å². The van der Waals surface area contributed by atoms with Crippen molar-refractivity contribution in [3.8, 4) is 0 Å². The summed E-state index contributed by atoms with van der Waals surface area (Å²) in [4.78, 5) is 3.77. The fourth-order valence-electron chi connectivity index (χ4n) is 0.665. The summed E-state index contributed by atoms with van der Waals surface area (Å²) in [6.07, 6.45) is 1.51. The molecule has 0 saturated carbocycles. The zero-order valence-corrected chi connectivity index (χ0v) is 11.6. The molecule has 9 heteroatoms. The highest BCUT2D eigenvalue weighted by Crippen LogP contribution is 2.24. The zero-order chi connectivity index (χ0) is 11.6. The van der Waals surface area contributed by atoms with Crippen molar-refractivity contribution in [3.63, 3.8) is 0 Å². The number of thiocarbonyl (C=S) groups is 1. The number of aromatic nitrogens is 1. The zero-order valence-electron chi connectivity index (χ0n) is 7.60. The lowest BCUT2D eigenvalue weighted by Crippen LogP contribution is -2.35. The molecule has 0 aliphatic rings. The number of nitrogens with two attached hydrogens (primary N) is 1. The minimum Gasteiger partial charge on any atom is -0.392 e. The van der Waals surface area contributed by atoms with Crippen molar-refractivity contribution in [2.75, 3.05) is 4.72 Å². The quantitative estimate of drug-likeness (QED) is 0.814. The highest BCUT2D eigenvalue weighted by molar-refractivity contribution is 9.11. The van der Waals surface area contributed by atoms with Gasteiger partial charge >= 0.3 is 0 Å². The molecular weight excluding hydrogens is 322 g/mol. The van der Waals surface area contributed by atoms with Gasteiger partial charge in [0.05, 0.1) is 15.0 Å². The van der Waals surface area contributed by atoms with Crippen molar-refractivity contribution in [1.29, 1.82) is 0 Å². The Hall–Kier alpha value is -0.250. The van der Waals surface area contributed by atoms with Gasteiger partial charge in [-0.1, -0.05) is 23.6 Å². The average Bonchev–Trinajstić information content (AvgIpc) is 2.48. The van der Waals surface area contributed by atoms with E-state index < -0.39 is 15.3 Å². The van der Waals surface area contributed by atoms with Gasteiger partial charge in [-0.15, -0.1) is 0 Å². The number of nitrogens with zero attached hydrogens (tertiary/aromatic N) is 1. The normalized spacial score (nSPS) is 13.5. The van der Waals surface area contributed by atoms with Crippen molar-refractivity contribution in [1.82, 2.24) is 4.98 Å². The van der Waals surface area contributed by atoms with Crippen LogP contribution in [0.2, 0.25) is 0 Å². The topological polar surface area (TPSA) is 85.1 Å². The number of sulfonamides is 1. The maximum absolute atomic E-state index is 11.6. The molecule has 0 amide bonds. The van der Waals surface area contributed by atoms with Crippen LogP contribution in [-0.4, -0.2) is 23.6 Å². The first-order chi connectivity index (χ1) is 6.83. The van der Waals surface area contributed by atoms with Gasteiger partial charge in [0.25, 0.3) is 0 Å². The van der Waals surface area contributed by atoms with Crippen molar-refractivity contribution < 1.29 is 8.42 Å². The van der Waals surface area contributed by atoms with Crippen molar-refractivity contribution in [2.45, 2.75) is 12.2 Å². The molecule has 0 fully saturated rings. The summed E-state index contributed by atoms with van der Waals surface area (Å²) in [5.41, 5.74) is 5.27. The minimum absolute atomic E-state index is 0.0712. The van der Waals surface area contributed by atoms with Gasteiger partial charge in [0.1, 0.15) is 5.25 Å². The number of thiazole rings is 1. The molecule has 0 aliphatic carbocycles. The standard InChI is InChI=1S/C6H8BrN3O2S3/c1-3(5(8)13)15(11,12)10-6-9-2-4(7)14-6/h2-3H,1H3,(H2,8,13)(H,9,10). The molecule has 84 valence electrons. The first kappa shape index (κ1) is 12.8. The van der Waals surface area contributed by atoms with E-state index >= 15 is 0 Å². The molecule has 0 saturated heterocycles. The van der Waals surface area contributed by atoms with Crippen LogP contribution in [0.3, 0.4) is 0 Å². The van der Waals surface area contributed by atoms with E-state index in [2.05, 4.69) is 37.9 Å². The number of rotatable bonds is 4. The van der Waals surface area contributed by atoms with Crippen molar-refractivity contribution in [3.05, 3.63) is 9.98 Å². The SMILES string of the molecule is CC(C(N)=S)S(=O)(=O)Nc1ncc(Br)s1. The van der Waals surface area contributed by atoms with E-state index in [1.807, 2.05) is 0 Å². The summed E-state index contributed by atoms with van der Waals surface area (Å²) < 4.78 is 26.3. The molecule has 5 nitrogen and oxygen atoms in total. The Bertz CT molecular complexity index is 470. The molecule has 1 rings (SSSR count). The van der Waals surface area contributed by atoms with E-state index in [1.54, 1.807) is 0 Å². The Kier molecular flexibility index (Phi) is 4.04. The highest BCUT2D eigenvalue weighted by Gasteiger charge is 2.24. The largest absolute Gasteiger partial charge is 0.392 e. The predicted molar refractivity (Wildman–Crippen MR) is 68.6 cm³/mol. The van der Waals surface area contributed by atoms with Gasteiger partial charge in [-0.2, -0.15) is 0 Å². The molecule has 0 spiro atoms. The Labute approximate surface area is 105 Å². The molecule has 0 bridgehead atoms. The summed E-state index contributed by atoms with van der Waals surface area (Å²) in [6.45, 7) is 1.42. The molecule has 0 aromatic carbocycles. The summed E-state index contributed by atoms with van der Waals surface area (Å²) >= 11 is 8.97. The molecule has 1 heterocycles. The molecule has 1 aromatic heterocycles. The first-order valence-corrected chi connectivity index (χ1v) is 7.31. The Morgan fingerprint density at radius 3 is 2.80 bits per heavy atom. The number of nitrogens with one attached hydrogen (secondary N) is 1. The number of anilines is 1. The van der Waals surface area contributed by atoms with Crippen molar-refractivity contribution >= 4 is 59.6 Å². The Morgan fingerprint density at radius 2 is 2.40 bits per heavy atom. The molecule has 1 unspecified atom stereocenters. The van der Waals surface area contributed by atoms with Gasteiger partial charge in [-0.25, -0.2) is 13.4 Å². The molecule has 0 radical (unpaired) electrons. The summed E-state index contributed by atoms with van der Waals surface area (Å²) in [5.74, 6) is 0. The van der Waals surface area contributed by atoms with E-state index in [1.165, 1.54) is 24.5 Å². The second-order valence-corrected chi connectivity index (χ2v) is 7.54. The number of halogens is 1. The molecule has 1 atom stereocenters. The monoisotopic (exact) mass is 329 g/mol. The average molecular weight is 330 g/mol. The van der Waals surface area contributed by atoms with E-state index in [-0.39, 0.29) is 10.1 Å². The summed E-state index contributed by atoms with van der Waals surface area (Å²) in [7, 11) is -3.59. The van der Waals surface area contributed by atoms with E-state index in [0.717, 1.165) is 3.79 Å². The second kappa shape index (κ2) is 4.73. The van der Waals surface area contributed by atoms with Gasteiger partial charge in [0, 0.05) is 0 Å². The highest BCUT2D eigenvalue weighted by atomic mass is 79.9. The molecule has 1 aromatic rings. The van der Waals surface area contributed by atoms with Crippen LogP contribution in [-0.2, 0) is 10.0 Å². The summed E-state index contributed by atoms with van der Waals surface area (Å²) in [5, 5.41) is -0.639. The second-order valence-electron chi connectivity index (χ2n) is 2.66. The maximum atomic E-state index is 11.6. The predicted octanol–water partition coefficient (Wildman–Crippen LogP) is 1.32. The van der Waals surface area contributed by atoms with E-state index in [0.29, 0.717) is 0 Å². The smallest absolute Gasteiger partial charge is 0.243 e. The fourth-order valence-corrected chi connectivity index (χ4v) is 3.30. The van der Waals surface area contributed by atoms with E-state index in [9.17, 15) is 8.42 Å². The number of hydrogen-bond donors (Lipinski definition) is 2. The van der Waals surface area contributed by atoms with Crippen LogP contribution in [0.15, 0.2) is 9.98 Å². The van der Waals surface area contributed by atoms with Crippen LogP contribution >= 0.6 is 39.5 Å². The third-order valence-electron chi connectivity index (χ3n) is 1.57. The maximum Gasteiger partial charge on any atom is 0.243 e. The third-order valence-corrected chi connectivity index (χ3v) is 5.26. The van der Waals surface area contributed by atoms with Crippen LogP contribution < -0.4 is 10.5 Å². The van der Waals surface area contributed by atoms with Crippen LogP contribution in [0, 0.1) is 0 Å². The third kappa shape index (κ3) is 3.37. The first-order valence-electron chi connectivity index (χ1n) is 3.75. The van der Waals surface area contributed by atoms with Gasteiger partial charge in [0.15, 0.2) is 5.13 Å². The number of hydrogen-bond acceptors (Lipinski definition) is 5. The van der Waals surface area contributed by atoms with Gasteiger partial charge in [-0.3, -0.25) is 4.72 Å². The van der Waals surface area contributed by atoms with Gasteiger partial charge in [0.2, 0.25) is 10.0 Å². The molecule has 0 aliphatic heterocycles. The molecule has 15 heavy (non-hydrogen) atoms. The van der Waals surface area contributed by atoms with Gasteiger partial charge in [-0.05, 0) is 22.9 Å². The lowest BCUT2D eigenvalue weighted by molar-refractivity contribution is 0.598. The van der Waals surface area contributed by atoms with Crippen LogP contribution in [0.1, 0.15) is 6.92 Å². The van der Waals surface area contributed by atoms with Crippen LogP contribution in [0.5, 0.6) is 0 Å².